The molecule has 0 N–H and O–H groups in total. The maximum Gasteiger partial charge on any atom is 0.272 e. The smallest absolute Gasteiger partial charge is 0.272 e. The number of ether oxygens (including phenoxy) is 1. The lowest BCUT2D eigenvalue weighted by atomic mass is 10.2. The summed E-state index contributed by atoms with van der Waals surface area (Å²) in [6.07, 6.45) is 0.808. The van der Waals surface area contributed by atoms with Gasteiger partial charge in [0, 0.05) is 17.9 Å². The van der Waals surface area contributed by atoms with E-state index in [0.717, 1.165) is 28.3 Å². The van der Waals surface area contributed by atoms with Crippen molar-refractivity contribution in [3.05, 3.63) is 74.1 Å². The number of thioether (sulfide) groups is 2. The predicted octanol–water partition coefficient (Wildman–Crippen LogP) is 5.49. The van der Waals surface area contributed by atoms with Gasteiger partial charge >= 0.3 is 0 Å². The van der Waals surface area contributed by atoms with Crippen molar-refractivity contribution in [3.8, 4) is 11.4 Å². The van der Waals surface area contributed by atoms with Crippen molar-refractivity contribution in [2.45, 2.75) is 22.2 Å². The fraction of sp³-hybridized carbons (Fsp3) is 0.200. The first-order valence-electron chi connectivity index (χ1n) is 8.57. The minimum absolute atomic E-state index is 0.0476. The zero-order valence-electron chi connectivity index (χ0n) is 14.9. The van der Waals surface area contributed by atoms with E-state index in [2.05, 4.69) is 0 Å². The molecule has 0 radical (unpaired) electrons. The van der Waals surface area contributed by atoms with Crippen molar-refractivity contribution in [1.29, 1.82) is 0 Å². The predicted molar refractivity (Wildman–Crippen MR) is 117 cm³/mol. The summed E-state index contributed by atoms with van der Waals surface area (Å²) in [7, 11) is 1.60. The Hall–Kier alpha value is -1.60. The van der Waals surface area contributed by atoms with Gasteiger partial charge in [0.1, 0.15) is 5.75 Å². The topological polar surface area (TPSA) is 44.1 Å². The number of aromatic nitrogens is 2. The van der Waals surface area contributed by atoms with Crippen LogP contribution in [0.3, 0.4) is 0 Å². The number of hydrogen-bond donors (Lipinski definition) is 0. The molecule has 28 heavy (non-hydrogen) atoms. The minimum atomic E-state index is -0.0476. The Bertz CT molecular complexity index is 1100. The van der Waals surface area contributed by atoms with Gasteiger partial charge in [0.2, 0.25) is 0 Å². The van der Waals surface area contributed by atoms with Crippen LogP contribution < -0.4 is 10.3 Å². The van der Waals surface area contributed by atoms with Crippen LogP contribution in [0.5, 0.6) is 5.75 Å². The number of rotatable bonds is 5. The molecule has 144 valence electrons. The Kier molecular flexibility index (Phi) is 5.92. The van der Waals surface area contributed by atoms with E-state index < -0.39 is 0 Å². The average molecular weight is 451 g/mol. The monoisotopic (exact) mass is 450 g/mol. The van der Waals surface area contributed by atoms with E-state index in [9.17, 15) is 4.79 Å². The second-order valence-corrected chi connectivity index (χ2v) is 8.98. The average Bonchev–Trinajstić information content (AvgIpc) is 3.18. The van der Waals surface area contributed by atoms with E-state index in [1.807, 2.05) is 36.4 Å². The van der Waals surface area contributed by atoms with Crippen LogP contribution in [-0.2, 0) is 12.2 Å². The number of aryl methyl sites for hydroxylation is 1. The molecule has 3 aromatic rings. The lowest BCUT2D eigenvalue weighted by molar-refractivity contribution is 0.411. The Morgan fingerprint density at radius 1 is 1.21 bits per heavy atom. The van der Waals surface area contributed by atoms with Gasteiger partial charge in [-0.25, -0.2) is 4.98 Å². The third-order valence-corrected chi connectivity index (χ3v) is 7.20. The molecular formula is C20H16Cl2N2O2S2. The third-order valence-electron chi connectivity index (χ3n) is 4.34. The number of halogens is 2. The molecule has 0 saturated heterocycles. The van der Waals surface area contributed by atoms with Gasteiger partial charge in [0.05, 0.1) is 33.4 Å². The van der Waals surface area contributed by atoms with E-state index in [0.29, 0.717) is 32.4 Å². The van der Waals surface area contributed by atoms with Crippen molar-refractivity contribution in [3.63, 3.8) is 0 Å². The van der Waals surface area contributed by atoms with Crippen molar-refractivity contribution in [1.82, 2.24) is 9.55 Å². The van der Waals surface area contributed by atoms with Crippen LogP contribution in [-0.4, -0.2) is 22.4 Å². The summed E-state index contributed by atoms with van der Waals surface area (Å²) in [4.78, 5) is 18.8. The van der Waals surface area contributed by atoms with E-state index in [1.165, 1.54) is 11.8 Å². The van der Waals surface area contributed by atoms with Crippen LogP contribution in [0.15, 0.2) is 57.3 Å². The maximum absolute atomic E-state index is 13.3. The molecule has 1 aromatic heterocycles. The van der Waals surface area contributed by atoms with Gasteiger partial charge in [-0.2, -0.15) is 0 Å². The van der Waals surface area contributed by atoms with Crippen LogP contribution in [0.4, 0.5) is 0 Å². The fourth-order valence-electron chi connectivity index (χ4n) is 2.99. The zero-order chi connectivity index (χ0) is 19.7. The molecular weight excluding hydrogens is 435 g/mol. The number of nitrogens with zero attached hydrogens (tertiary/aromatic N) is 2. The first kappa shape index (κ1) is 19.7. The summed E-state index contributed by atoms with van der Waals surface area (Å²) in [5.41, 5.74) is 2.52. The Labute approximate surface area is 181 Å². The molecule has 0 unspecified atom stereocenters. The molecule has 0 bridgehead atoms. The molecule has 0 atom stereocenters. The molecule has 0 saturated carbocycles. The van der Waals surface area contributed by atoms with Gasteiger partial charge in [-0.1, -0.05) is 53.2 Å². The molecule has 8 heteroatoms. The van der Waals surface area contributed by atoms with E-state index in [4.69, 9.17) is 32.9 Å². The van der Waals surface area contributed by atoms with Crippen LogP contribution in [0.25, 0.3) is 5.69 Å². The molecule has 1 aliphatic heterocycles. The first-order chi connectivity index (χ1) is 13.6. The molecule has 0 amide bonds. The highest BCUT2D eigenvalue weighted by molar-refractivity contribution is 7.99. The van der Waals surface area contributed by atoms with Gasteiger partial charge in [-0.15, -0.1) is 11.8 Å². The van der Waals surface area contributed by atoms with Crippen LogP contribution in [0.2, 0.25) is 10.0 Å². The Morgan fingerprint density at radius 3 is 2.82 bits per heavy atom. The van der Waals surface area contributed by atoms with E-state index in [-0.39, 0.29) is 5.56 Å². The largest absolute Gasteiger partial charge is 0.495 e. The van der Waals surface area contributed by atoms with E-state index in [1.54, 1.807) is 29.5 Å². The summed E-state index contributed by atoms with van der Waals surface area (Å²) in [5, 5.41) is 1.68. The van der Waals surface area contributed by atoms with Gasteiger partial charge < -0.3 is 4.74 Å². The third kappa shape index (κ3) is 3.79. The highest BCUT2D eigenvalue weighted by Gasteiger charge is 2.23. The van der Waals surface area contributed by atoms with Crippen LogP contribution in [0, 0.1) is 0 Å². The molecule has 0 fully saturated rings. The van der Waals surface area contributed by atoms with E-state index >= 15 is 0 Å². The van der Waals surface area contributed by atoms with Crippen molar-refractivity contribution in [2.75, 3.05) is 12.9 Å². The van der Waals surface area contributed by atoms with Gasteiger partial charge in [0.25, 0.3) is 5.56 Å². The Morgan fingerprint density at radius 2 is 2.04 bits per heavy atom. The summed E-state index contributed by atoms with van der Waals surface area (Å²) in [6, 6.07) is 13.0. The number of para-hydroxylation sites is 2. The molecule has 4 nitrogen and oxygen atoms in total. The summed E-state index contributed by atoms with van der Waals surface area (Å²) >= 11 is 15.2. The van der Waals surface area contributed by atoms with Crippen LogP contribution >= 0.6 is 46.7 Å². The summed E-state index contributed by atoms with van der Waals surface area (Å²) < 4.78 is 7.14. The minimum Gasteiger partial charge on any atom is -0.495 e. The first-order valence-corrected chi connectivity index (χ1v) is 11.3. The summed E-state index contributed by atoms with van der Waals surface area (Å²) in [6.45, 7) is 0. The molecule has 2 heterocycles. The number of hydrogen-bond acceptors (Lipinski definition) is 5. The second kappa shape index (κ2) is 8.41. The highest BCUT2D eigenvalue weighted by atomic mass is 35.5. The lowest BCUT2D eigenvalue weighted by Crippen LogP contribution is -2.24. The SMILES string of the molecule is COc1ccccc1-n1c(SCc2ccc(Cl)c(Cl)c2)nc2c(c1=O)SCC2. The molecule has 0 spiro atoms. The van der Waals surface area contributed by atoms with Crippen molar-refractivity contribution in [2.24, 2.45) is 0 Å². The highest BCUT2D eigenvalue weighted by Crippen LogP contribution is 2.33. The normalized spacial score (nSPS) is 12.8. The fourth-order valence-corrected chi connectivity index (χ4v) is 5.30. The standard InChI is InChI=1S/C20H16Cl2N2O2S2/c1-26-17-5-3-2-4-16(17)24-19(25)18-15(8-9-27-18)23-20(24)28-11-12-6-7-13(21)14(22)10-12/h2-7,10H,8-9,11H2,1H3. The number of benzene rings is 2. The quantitative estimate of drug-likeness (QED) is 0.379. The number of fused-ring (bicyclic) bond motifs is 1. The Balaban J connectivity index is 1.78. The molecule has 1 aliphatic rings. The maximum atomic E-state index is 13.3. The summed E-state index contributed by atoms with van der Waals surface area (Å²) in [5.74, 6) is 2.13. The zero-order valence-corrected chi connectivity index (χ0v) is 18.1. The van der Waals surface area contributed by atoms with Gasteiger partial charge in [-0.3, -0.25) is 9.36 Å². The van der Waals surface area contributed by atoms with Gasteiger partial charge in [-0.05, 0) is 29.8 Å². The van der Waals surface area contributed by atoms with Crippen LogP contribution in [0.1, 0.15) is 11.3 Å². The molecule has 2 aromatic carbocycles. The van der Waals surface area contributed by atoms with Crippen molar-refractivity contribution < 1.29 is 4.74 Å². The number of methoxy groups -OCH3 is 1. The van der Waals surface area contributed by atoms with Gasteiger partial charge in [0.15, 0.2) is 5.16 Å². The second-order valence-electron chi connectivity index (χ2n) is 6.12. The lowest BCUT2D eigenvalue weighted by Gasteiger charge is -2.16. The molecule has 0 aliphatic carbocycles. The molecule has 4 rings (SSSR count). The van der Waals surface area contributed by atoms with Crippen molar-refractivity contribution >= 4 is 46.7 Å².